The predicted molar refractivity (Wildman–Crippen MR) is 254 cm³/mol. The smallest absolute Gasteiger partial charge is 0.246 e. The number of ether oxygens (including phenoxy) is 4. The highest BCUT2D eigenvalue weighted by Crippen LogP contribution is 2.34. The first-order chi connectivity index (χ1) is 31.6. The van der Waals surface area contributed by atoms with Crippen molar-refractivity contribution < 1.29 is 44.6 Å². The van der Waals surface area contributed by atoms with Gasteiger partial charge in [-0.3, -0.25) is 0 Å². The second kappa shape index (κ2) is 21.4. The zero-order chi connectivity index (χ0) is 47.2. The number of hydrogen-bond donors (Lipinski definition) is 0. The van der Waals surface area contributed by atoms with Gasteiger partial charge in [0.2, 0.25) is 20.0 Å². The molecule has 2 aliphatic heterocycles. The molecule has 0 aliphatic carbocycles. The Morgan fingerprint density at radius 1 is 0.576 bits per heavy atom. The highest BCUT2D eigenvalue weighted by molar-refractivity contribution is 7.89. The lowest BCUT2D eigenvalue weighted by Crippen LogP contribution is -2.48. The maximum absolute atomic E-state index is 13.7. The van der Waals surface area contributed by atoms with Crippen LogP contribution in [0.1, 0.15) is 22.5 Å². The first-order valence-electron chi connectivity index (χ1n) is 20.3. The number of hydrogen-bond acceptors (Lipinski definition) is 14. The molecule has 8 rings (SSSR count). The highest BCUT2D eigenvalue weighted by atomic mass is 35.5. The number of aromatic nitrogens is 2. The van der Waals surface area contributed by atoms with Gasteiger partial charge in [-0.15, -0.1) is 22.7 Å². The lowest BCUT2D eigenvalue weighted by Gasteiger charge is -2.34. The third kappa shape index (κ3) is 11.5. The second-order valence-corrected chi connectivity index (χ2v) is 21.3. The van der Waals surface area contributed by atoms with Gasteiger partial charge in [0.15, 0.2) is 10.3 Å². The van der Waals surface area contributed by atoms with Gasteiger partial charge in [0.25, 0.3) is 0 Å². The molecule has 66 heavy (non-hydrogen) atoms. The topological polar surface area (TPSA) is 144 Å². The molecule has 0 amide bonds. The number of halogens is 4. The molecule has 6 aromatic rings. The molecule has 0 saturated carbocycles. The van der Waals surface area contributed by atoms with Crippen molar-refractivity contribution in [2.24, 2.45) is 0 Å². The average Bonchev–Trinajstić information content (AvgIpc) is 3.99. The molecule has 4 heterocycles. The molecule has 2 aliphatic rings. The Morgan fingerprint density at radius 3 is 1.47 bits per heavy atom. The maximum atomic E-state index is 13.7. The van der Waals surface area contributed by atoms with Crippen molar-refractivity contribution in [3.8, 4) is 23.0 Å². The van der Waals surface area contributed by atoms with Crippen LogP contribution in [0.5, 0.6) is 23.0 Å². The molecule has 352 valence electrons. The van der Waals surface area contributed by atoms with Crippen molar-refractivity contribution in [2.45, 2.75) is 22.6 Å². The van der Waals surface area contributed by atoms with Gasteiger partial charge in [-0.25, -0.2) is 35.6 Å². The third-order valence-corrected chi connectivity index (χ3v) is 17.1. The lowest BCUT2D eigenvalue weighted by molar-refractivity contribution is 0.369. The van der Waals surface area contributed by atoms with Crippen LogP contribution in [0.3, 0.4) is 0 Å². The number of anilines is 2. The predicted octanol–water partition coefficient (Wildman–Crippen LogP) is 8.11. The maximum Gasteiger partial charge on any atom is 0.246 e. The molecule has 0 N–H and O–H groups in total. The second-order valence-electron chi connectivity index (χ2n) is 14.9. The van der Waals surface area contributed by atoms with Gasteiger partial charge >= 0.3 is 0 Å². The van der Waals surface area contributed by atoms with Crippen LogP contribution in [-0.4, -0.2) is 116 Å². The van der Waals surface area contributed by atoms with E-state index in [1.54, 1.807) is 36.4 Å². The van der Waals surface area contributed by atoms with E-state index in [0.29, 0.717) is 81.7 Å². The number of thiazole rings is 2. The van der Waals surface area contributed by atoms with Gasteiger partial charge < -0.3 is 28.7 Å². The number of sulfonamides is 2. The number of rotatable bonds is 14. The summed E-state index contributed by atoms with van der Waals surface area (Å²) in [4.78, 5) is 13.7. The van der Waals surface area contributed by atoms with E-state index in [1.165, 1.54) is 96.1 Å². The monoisotopic (exact) mass is 1020 g/mol. The molecule has 0 atom stereocenters. The molecule has 2 saturated heterocycles. The lowest BCUT2D eigenvalue weighted by atomic mass is 10.1. The summed E-state index contributed by atoms with van der Waals surface area (Å²) in [5.74, 6) is 0.722. The quantitative estimate of drug-likeness (QED) is 0.104. The van der Waals surface area contributed by atoms with Crippen molar-refractivity contribution >= 4 is 76.2 Å². The fourth-order valence-corrected chi connectivity index (χ4v) is 12.6. The van der Waals surface area contributed by atoms with E-state index < -0.39 is 25.9 Å². The van der Waals surface area contributed by atoms with E-state index in [9.17, 15) is 25.6 Å². The van der Waals surface area contributed by atoms with Gasteiger partial charge in [-0.05, 0) is 65.7 Å². The van der Waals surface area contributed by atoms with Crippen LogP contribution in [0, 0.1) is 11.6 Å². The van der Waals surface area contributed by atoms with E-state index >= 15 is 0 Å². The SMILES string of the molecule is COc1ccc(S(=O)(=O)N2CCN(c3nc(Cc4cc(F)cc(Cl)c4)cs3)CC2)c(OC)c1.COc1ccc(S(=O)(=O)N2CCN(c3nc(Cc4ccc(Cl)c(F)c4)cs3)CC2)c(OC)c1. The fraction of sp³-hybridized carbons (Fsp3) is 0.318. The van der Waals surface area contributed by atoms with Crippen LogP contribution < -0.4 is 28.7 Å². The molecular formula is C44H46Cl2F2N6O8S4. The van der Waals surface area contributed by atoms with Crippen LogP contribution in [0.4, 0.5) is 19.0 Å². The standard InChI is InChI=1S/2C22H23ClFN3O4S2/c1-30-17-4-6-21(20(13-17)31-2)33(28,29)27-9-7-26(8-10-27)22-25-16(14-32-22)11-15-3-5-18(23)19(24)12-15;1-30-19-3-4-21(20(13-19)31-2)33(28,29)27-7-5-26(6-8-27)22-25-18(14-32-22)11-15-9-16(23)12-17(24)10-15/h3-6,12-14H,7-11H2,1-2H3;3-4,9-10,12-14H,5-8,11H2,1-2H3. The van der Waals surface area contributed by atoms with E-state index in [1.807, 2.05) is 10.8 Å². The normalized spacial score (nSPS) is 15.0. The minimum Gasteiger partial charge on any atom is -0.497 e. The van der Waals surface area contributed by atoms with Crippen LogP contribution in [-0.2, 0) is 32.9 Å². The molecule has 0 spiro atoms. The minimum atomic E-state index is -3.72. The zero-order valence-electron chi connectivity index (χ0n) is 36.2. The molecular weight excluding hydrogens is 978 g/mol. The Kier molecular flexibility index (Phi) is 16.0. The Labute approximate surface area is 400 Å². The fourth-order valence-electron chi connectivity index (χ4n) is 7.32. The minimum absolute atomic E-state index is 0.0952. The van der Waals surface area contributed by atoms with Crippen molar-refractivity contribution in [1.29, 1.82) is 0 Å². The van der Waals surface area contributed by atoms with Crippen molar-refractivity contribution in [2.75, 3.05) is 90.6 Å². The van der Waals surface area contributed by atoms with E-state index in [2.05, 4.69) is 19.8 Å². The molecule has 2 fully saturated rings. The Bertz CT molecular complexity index is 2850. The molecule has 4 aromatic carbocycles. The van der Waals surface area contributed by atoms with Gasteiger partial charge in [-0.2, -0.15) is 8.61 Å². The van der Waals surface area contributed by atoms with Crippen LogP contribution in [0.15, 0.2) is 93.3 Å². The van der Waals surface area contributed by atoms with Crippen molar-refractivity contribution in [1.82, 2.24) is 18.6 Å². The van der Waals surface area contributed by atoms with Crippen LogP contribution in [0.2, 0.25) is 10.0 Å². The number of piperazine rings is 2. The molecule has 22 heteroatoms. The molecule has 0 bridgehead atoms. The summed E-state index contributed by atoms with van der Waals surface area (Å²) in [5, 5.41) is 5.95. The Balaban J connectivity index is 0.000000196. The summed E-state index contributed by atoms with van der Waals surface area (Å²) in [5.41, 5.74) is 3.18. The Hall–Kier alpha value is -4.80. The van der Waals surface area contributed by atoms with Gasteiger partial charge in [-0.1, -0.05) is 29.3 Å². The Morgan fingerprint density at radius 2 is 1.05 bits per heavy atom. The van der Waals surface area contributed by atoms with E-state index in [-0.39, 0.29) is 32.1 Å². The third-order valence-electron chi connectivity index (χ3n) is 10.8. The molecule has 0 radical (unpaired) electrons. The summed E-state index contributed by atoms with van der Waals surface area (Å²) in [6, 6.07) is 18.5. The summed E-state index contributed by atoms with van der Waals surface area (Å²) in [7, 11) is -1.54. The first-order valence-corrected chi connectivity index (χ1v) is 25.7. The van der Waals surface area contributed by atoms with Crippen molar-refractivity contribution in [3.63, 3.8) is 0 Å². The highest BCUT2D eigenvalue weighted by Gasteiger charge is 2.33. The van der Waals surface area contributed by atoms with Crippen molar-refractivity contribution in [3.05, 3.63) is 128 Å². The van der Waals surface area contributed by atoms with E-state index in [4.69, 9.17) is 42.1 Å². The average molecular weight is 1020 g/mol. The number of methoxy groups -OCH3 is 4. The molecule has 14 nitrogen and oxygen atoms in total. The number of nitrogens with zero attached hydrogens (tertiary/aromatic N) is 6. The molecule has 2 aromatic heterocycles. The van der Waals surface area contributed by atoms with E-state index in [0.717, 1.165) is 32.8 Å². The summed E-state index contributed by atoms with van der Waals surface area (Å²) in [6.07, 6.45) is 0.968. The first kappa shape index (κ1) is 49.1. The molecule has 0 unspecified atom stereocenters. The summed E-state index contributed by atoms with van der Waals surface area (Å²) < 4.78 is 104. The summed E-state index contributed by atoms with van der Waals surface area (Å²) >= 11 is 14.7. The summed E-state index contributed by atoms with van der Waals surface area (Å²) in [6.45, 7) is 3.36. The van der Waals surface area contributed by atoms with Crippen LogP contribution >= 0.6 is 45.9 Å². The zero-order valence-corrected chi connectivity index (χ0v) is 41.0. The van der Waals surface area contributed by atoms with Gasteiger partial charge in [0.1, 0.15) is 44.4 Å². The largest absolute Gasteiger partial charge is 0.497 e. The van der Waals surface area contributed by atoms with Gasteiger partial charge in [0, 0.05) is 93.1 Å². The van der Waals surface area contributed by atoms with Crippen LogP contribution in [0.25, 0.3) is 0 Å². The number of benzene rings is 4. The van der Waals surface area contributed by atoms with Gasteiger partial charge in [0.05, 0.1) is 44.8 Å².